The molecular weight excluding hydrogens is 697 g/mol. The van der Waals surface area contributed by atoms with Crippen LogP contribution in [0.1, 0.15) is 30.7 Å². The number of fused-ring (bicyclic) bond motifs is 1. The number of pyridine rings is 1. The molecule has 13 nitrogen and oxygen atoms in total. The lowest BCUT2D eigenvalue weighted by Gasteiger charge is -2.15. The molecule has 0 radical (unpaired) electrons. The van der Waals surface area contributed by atoms with E-state index in [9.17, 15) is 19.5 Å². The van der Waals surface area contributed by atoms with Crippen molar-refractivity contribution in [3.8, 4) is 39.4 Å². The van der Waals surface area contributed by atoms with E-state index in [-0.39, 0.29) is 30.6 Å². The van der Waals surface area contributed by atoms with Gasteiger partial charge in [-0.15, -0.1) is 0 Å². The van der Waals surface area contributed by atoms with E-state index in [1.807, 2.05) is 48.5 Å². The molecule has 0 bridgehead atoms. The normalized spacial score (nSPS) is 14.9. The molecule has 15 heteroatoms. The van der Waals surface area contributed by atoms with E-state index in [4.69, 9.17) is 38.0 Å². The maximum absolute atomic E-state index is 13.3. The van der Waals surface area contributed by atoms with Crippen LogP contribution < -0.4 is 26.2 Å². The SMILES string of the molecule is COc1nc(-c2cccc(-c3cccc(-c4cc5c(=O)n(C)c(CNC[C@H](O)CC(=O)O)nn5c4)c3Cl)c2Cl)ccc1CNC[C@H]1CCC(=O)N1. The van der Waals surface area contributed by atoms with Crippen LogP contribution in [0.2, 0.25) is 10.0 Å². The summed E-state index contributed by atoms with van der Waals surface area (Å²) in [6.07, 6.45) is 1.62. The van der Waals surface area contributed by atoms with Crippen molar-refractivity contribution in [2.75, 3.05) is 20.2 Å². The number of aliphatic carboxylic acids is 1. The van der Waals surface area contributed by atoms with Crippen LogP contribution in [0.5, 0.6) is 5.88 Å². The van der Waals surface area contributed by atoms with Gasteiger partial charge in [0, 0.05) is 78.7 Å². The molecule has 1 amide bonds. The number of hydrogen-bond acceptors (Lipinski definition) is 9. The number of aliphatic hydroxyl groups excluding tert-OH is 1. The number of halogens is 2. The molecule has 0 saturated carbocycles. The van der Waals surface area contributed by atoms with E-state index in [1.54, 1.807) is 26.4 Å². The molecule has 5 aromatic rings. The molecule has 1 aliphatic rings. The van der Waals surface area contributed by atoms with Crippen LogP contribution >= 0.6 is 23.2 Å². The number of aromatic nitrogens is 4. The van der Waals surface area contributed by atoms with Gasteiger partial charge in [0.1, 0.15) is 11.3 Å². The van der Waals surface area contributed by atoms with Gasteiger partial charge < -0.3 is 30.9 Å². The monoisotopic (exact) mass is 733 g/mol. The van der Waals surface area contributed by atoms with E-state index in [0.29, 0.717) is 80.3 Å². The van der Waals surface area contributed by atoms with Gasteiger partial charge in [-0.1, -0.05) is 65.7 Å². The summed E-state index contributed by atoms with van der Waals surface area (Å²) in [5, 5.41) is 33.5. The molecule has 6 rings (SSSR count). The van der Waals surface area contributed by atoms with Crippen LogP contribution in [0.25, 0.3) is 39.0 Å². The van der Waals surface area contributed by atoms with E-state index in [0.717, 1.165) is 12.0 Å². The zero-order valence-electron chi connectivity index (χ0n) is 28.0. The Morgan fingerprint density at radius 1 is 1.04 bits per heavy atom. The van der Waals surface area contributed by atoms with Crippen molar-refractivity contribution in [2.24, 2.45) is 7.05 Å². The third-order valence-electron chi connectivity index (χ3n) is 8.81. The average Bonchev–Trinajstić information content (AvgIpc) is 3.73. The molecular formula is C36H37Cl2N7O6. The fourth-order valence-corrected chi connectivity index (χ4v) is 6.80. The molecule has 5 N–H and O–H groups in total. The highest BCUT2D eigenvalue weighted by Crippen LogP contribution is 2.42. The fraction of sp³-hybridized carbons (Fsp3) is 0.306. The van der Waals surface area contributed by atoms with Crippen molar-refractivity contribution in [1.29, 1.82) is 0 Å². The minimum absolute atomic E-state index is 0.0268. The Morgan fingerprint density at radius 3 is 2.43 bits per heavy atom. The lowest BCUT2D eigenvalue weighted by atomic mass is 9.97. The van der Waals surface area contributed by atoms with E-state index >= 15 is 0 Å². The number of hydrogen-bond donors (Lipinski definition) is 5. The molecule has 266 valence electrons. The number of nitrogens with zero attached hydrogens (tertiary/aromatic N) is 4. The average molecular weight is 735 g/mol. The third-order valence-corrected chi connectivity index (χ3v) is 9.62. The number of amides is 1. The van der Waals surface area contributed by atoms with Gasteiger partial charge in [0.05, 0.1) is 41.9 Å². The summed E-state index contributed by atoms with van der Waals surface area (Å²) in [6.45, 7) is 1.34. The Hall–Kier alpha value is -4.79. The lowest BCUT2D eigenvalue weighted by Crippen LogP contribution is -2.35. The predicted molar refractivity (Wildman–Crippen MR) is 194 cm³/mol. The molecule has 0 spiro atoms. The standard InChI is InChI=1S/C36H37Cl2N7O6/c1-44-30(18-40-17-23(46)14-32(48)49)43-45-19-21(13-29(45)36(44)50)24-5-3-6-25(33(24)37)26-7-4-8-27(34(26)38)28-11-9-20(35(42-28)51-2)15-39-16-22-10-12-31(47)41-22/h3-9,11,13,19,22-23,39-40,46H,10,12,14-18H2,1-2H3,(H,41,47)(H,48,49)/t22-,23-/m1/s1. The Morgan fingerprint density at radius 2 is 1.75 bits per heavy atom. The number of carboxylic acids is 1. The van der Waals surface area contributed by atoms with Crippen molar-refractivity contribution in [1.82, 2.24) is 35.1 Å². The summed E-state index contributed by atoms with van der Waals surface area (Å²) in [5.74, 6) is -0.160. The highest BCUT2D eigenvalue weighted by Gasteiger charge is 2.21. The first-order valence-electron chi connectivity index (χ1n) is 16.3. The number of methoxy groups -OCH3 is 1. The Kier molecular flexibility index (Phi) is 11.0. The maximum atomic E-state index is 13.3. The Balaban J connectivity index is 1.25. The van der Waals surface area contributed by atoms with Crippen molar-refractivity contribution in [2.45, 2.75) is 44.5 Å². The number of carbonyl (C=O) groups excluding carboxylic acids is 1. The van der Waals surface area contributed by atoms with Gasteiger partial charge in [-0.05, 0) is 18.6 Å². The minimum Gasteiger partial charge on any atom is -0.481 e. The van der Waals surface area contributed by atoms with Crippen molar-refractivity contribution in [3.05, 3.63) is 92.6 Å². The third kappa shape index (κ3) is 7.92. The van der Waals surface area contributed by atoms with Gasteiger partial charge >= 0.3 is 5.97 Å². The second-order valence-electron chi connectivity index (χ2n) is 12.4. The second-order valence-corrected chi connectivity index (χ2v) is 13.1. The minimum atomic E-state index is -1.10. The summed E-state index contributed by atoms with van der Waals surface area (Å²) < 4.78 is 8.52. The number of aliphatic hydroxyl groups is 1. The van der Waals surface area contributed by atoms with Gasteiger partial charge in [-0.2, -0.15) is 5.10 Å². The summed E-state index contributed by atoms with van der Waals surface area (Å²) in [5.41, 5.74) is 4.98. The zero-order valence-corrected chi connectivity index (χ0v) is 29.5. The molecule has 4 heterocycles. The van der Waals surface area contributed by atoms with E-state index in [1.165, 1.54) is 9.08 Å². The first-order valence-corrected chi connectivity index (χ1v) is 17.1. The predicted octanol–water partition coefficient (Wildman–Crippen LogP) is 4.04. The number of ether oxygens (including phenoxy) is 1. The molecule has 1 fully saturated rings. The maximum Gasteiger partial charge on any atom is 0.306 e. The summed E-state index contributed by atoms with van der Waals surface area (Å²) >= 11 is 14.1. The zero-order chi connectivity index (χ0) is 36.2. The van der Waals surface area contributed by atoms with Gasteiger partial charge in [0.25, 0.3) is 5.56 Å². The lowest BCUT2D eigenvalue weighted by molar-refractivity contribution is -0.139. The number of benzene rings is 2. The van der Waals surface area contributed by atoms with Crippen LogP contribution in [0.3, 0.4) is 0 Å². The Labute approximate surface area is 303 Å². The van der Waals surface area contributed by atoms with Crippen molar-refractivity contribution < 1.29 is 24.5 Å². The first kappa shape index (κ1) is 36.0. The second kappa shape index (κ2) is 15.6. The Bertz CT molecular complexity index is 2170. The molecule has 2 aromatic carbocycles. The highest BCUT2D eigenvalue weighted by molar-refractivity contribution is 6.39. The number of carboxylic acid groups (broad SMARTS) is 1. The summed E-state index contributed by atoms with van der Waals surface area (Å²) in [4.78, 5) is 40.4. The van der Waals surface area contributed by atoms with Crippen LogP contribution in [0.4, 0.5) is 0 Å². The topological polar surface area (TPSA) is 172 Å². The summed E-state index contributed by atoms with van der Waals surface area (Å²) in [7, 11) is 3.17. The van der Waals surface area contributed by atoms with Crippen molar-refractivity contribution in [3.63, 3.8) is 0 Å². The number of carbonyl (C=O) groups is 2. The van der Waals surface area contributed by atoms with Crippen LogP contribution in [0.15, 0.2) is 65.6 Å². The molecule has 3 aromatic heterocycles. The molecule has 0 unspecified atom stereocenters. The van der Waals surface area contributed by atoms with Gasteiger partial charge in [0.15, 0.2) is 0 Å². The number of rotatable bonds is 14. The quantitative estimate of drug-likeness (QED) is 0.112. The van der Waals surface area contributed by atoms with E-state index < -0.39 is 18.5 Å². The first-order chi connectivity index (χ1) is 24.5. The highest BCUT2D eigenvalue weighted by atomic mass is 35.5. The molecule has 1 aliphatic heterocycles. The van der Waals surface area contributed by atoms with Gasteiger partial charge in [-0.25, -0.2) is 9.50 Å². The molecule has 51 heavy (non-hydrogen) atoms. The molecule has 0 aliphatic carbocycles. The molecule has 2 atom stereocenters. The van der Waals surface area contributed by atoms with Crippen LogP contribution in [-0.2, 0) is 29.7 Å². The fourth-order valence-electron chi connectivity index (χ4n) is 6.14. The molecule has 1 saturated heterocycles. The number of nitrogens with one attached hydrogen (secondary N) is 3. The van der Waals surface area contributed by atoms with Crippen LogP contribution in [0, 0.1) is 0 Å². The van der Waals surface area contributed by atoms with Gasteiger partial charge in [-0.3, -0.25) is 19.0 Å². The largest absolute Gasteiger partial charge is 0.481 e. The van der Waals surface area contributed by atoms with Crippen molar-refractivity contribution >= 4 is 40.6 Å². The van der Waals surface area contributed by atoms with Gasteiger partial charge in [0.2, 0.25) is 11.8 Å². The van der Waals surface area contributed by atoms with E-state index in [2.05, 4.69) is 21.0 Å². The van der Waals surface area contributed by atoms with Crippen LogP contribution in [-0.4, -0.2) is 73.6 Å². The summed E-state index contributed by atoms with van der Waals surface area (Å²) in [6, 6.07) is 16.9. The smallest absolute Gasteiger partial charge is 0.306 e.